The maximum atomic E-state index is 12.6. The number of carbonyl (C=O) groups excluding carboxylic acids is 2. The highest BCUT2D eigenvalue weighted by Gasteiger charge is 2.35. The van der Waals surface area contributed by atoms with Gasteiger partial charge >= 0.3 is 0 Å². The van der Waals surface area contributed by atoms with E-state index >= 15 is 0 Å². The van der Waals surface area contributed by atoms with Crippen molar-refractivity contribution in [1.82, 2.24) is 0 Å². The molecule has 4 rings (SSSR count). The largest absolute Gasteiger partial charge is 0.326 e. The third-order valence-corrected chi connectivity index (χ3v) is 4.90. The second kappa shape index (κ2) is 7.11. The van der Waals surface area contributed by atoms with Gasteiger partial charge in [-0.15, -0.1) is 0 Å². The van der Waals surface area contributed by atoms with Crippen molar-refractivity contribution in [2.24, 2.45) is 5.92 Å². The lowest BCUT2D eigenvalue weighted by Crippen LogP contribution is -2.28. The highest BCUT2D eigenvalue weighted by atomic mass is 16.6. The number of nitro groups is 1. The molecule has 0 unspecified atom stereocenters. The van der Waals surface area contributed by atoms with Crippen LogP contribution in [-0.4, -0.2) is 23.3 Å². The third-order valence-electron chi connectivity index (χ3n) is 4.90. The van der Waals surface area contributed by atoms with Crippen LogP contribution in [0.1, 0.15) is 6.42 Å². The van der Waals surface area contributed by atoms with Gasteiger partial charge in [0.15, 0.2) is 0 Å². The Labute approximate surface area is 160 Å². The van der Waals surface area contributed by atoms with Crippen LogP contribution in [0, 0.1) is 16.0 Å². The topological polar surface area (TPSA) is 92.5 Å². The van der Waals surface area contributed by atoms with Crippen LogP contribution in [-0.2, 0) is 9.59 Å². The minimum absolute atomic E-state index is 0.0452. The van der Waals surface area contributed by atoms with E-state index in [1.807, 2.05) is 42.5 Å². The molecule has 1 atom stereocenters. The molecule has 7 nitrogen and oxygen atoms in total. The normalized spacial score (nSPS) is 16.4. The Morgan fingerprint density at radius 1 is 1.04 bits per heavy atom. The molecule has 3 aromatic carbocycles. The molecule has 28 heavy (non-hydrogen) atoms. The number of amides is 2. The molecular weight excluding hydrogens is 358 g/mol. The minimum Gasteiger partial charge on any atom is -0.326 e. The first-order valence-electron chi connectivity index (χ1n) is 8.86. The van der Waals surface area contributed by atoms with Gasteiger partial charge in [0, 0.05) is 36.2 Å². The molecule has 0 radical (unpaired) electrons. The highest BCUT2D eigenvalue weighted by Crippen LogP contribution is 2.32. The van der Waals surface area contributed by atoms with Crippen LogP contribution in [0.15, 0.2) is 66.7 Å². The molecule has 3 aromatic rings. The zero-order valence-electron chi connectivity index (χ0n) is 14.9. The van der Waals surface area contributed by atoms with Crippen molar-refractivity contribution in [2.75, 3.05) is 16.8 Å². The molecule has 0 spiro atoms. The first-order chi connectivity index (χ1) is 13.5. The first kappa shape index (κ1) is 17.7. The summed E-state index contributed by atoms with van der Waals surface area (Å²) in [7, 11) is 0. The fourth-order valence-corrected chi connectivity index (χ4v) is 3.47. The molecule has 7 heteroatoms. The van der Waals surface area contributed by atoms with Gasteiger partial charge in [-0.3, -0.25) is 19.7 Å². The molecule has 0 saturated carbocycles. The van der Waals surface area contributed by atoms with E-state index in [0.717, 1.165) is 16.5 Å². The Balaban J connectivity index is 1.51. The summed E-state index contributed by atoms with van der Waals surface area (Å²) >= 11 is 0. The van der Waals surface area contributed by atoms with Crippen LogP contribution >= 0.6 is 0 Å². The predicted molar refractivity (Wildman–Crippen MR) is 106 cm³/mol. The van der Waals surface area contributed by atoms with Gasteiger partial charge in [-0.2, -0.15) is 0 Å². The number of fused-ring (bicyclic) bond motifs is 1. The van der Waals surface area contributed by atoms with Crippen molar-refractivity contribution in [1.29, 1.82) is 0 Å². The van der Waals surface area contributed by atoms with Gasteiger partial charge in [-0.25, -0.2) is 0 Å². The van der Waals surface area contributed by atoms with Crippen LogP contribution in [0.5, 0.6) is 0 Å². The number of benzene rings is 3. The summed E-state index contributed by atoms with van der Waals surface area (Å²) in [4.78, 5) is 37.0. The lowest BCUT2D eigenvalue weighted by Gasteiger charge is -2.19. The van der Waals surface area contributed by atoms with E-state index in [1.165, 1.54) is 24.3 Å². The summed E-state index contributed by atoms with van der Waals surface area (Å²) in [5, 5.41) is 15.5. The second-order valence-electron chi connectivity index (χ2n) is 6.70. The molecule has 2 amide bonds. The minimum atomic E-state index is -0.497. The van der Waals surface area contributed by atoms with E-state index in [-0.39, 0.29) is 23.9 Å². The molecule has 1 N–H and O–H groups in total. The van der Waals surface area contributed by atoms with Gasteiger partial charge in [0.1, 0.15) is 0 Å². The average Bonchev–Trinajstić information content (AvgIpc) is 3.09. The third kappa shape index (κ3) is 3.29. The molecule has 1 aliphatic heterocycles. The molecule has 1 fully saturated rings. The standard InChI is InChI=1S/C21H17N3O4/c25-20-12-15(21(26)22-16-8-10-17(11-9-16)24(27)28)13-23(20)19-7-3-5-14-4-1-2-6-18(14)19/h1-11,15H,12-13H2,(H,22,26)/t15-/m1/s1. The Bertz CT molecular complexity index is 1070. The Morgan fingerprint density at radius 2 is 1.75 bits per heavy atom. The van der Waals surface area contributed by atoms with E-state index in [4.69, 9.17) is 0 Å². The van der Waals surface area contributed by atoms with Crippen molar-refractivity contribution in [3.05, 3.63) is 76.8 Å². The summed E-state index contributed by atoms with van der Waals surface area (Å²) < 4.78 is 0. The first-order valence-corrected chi connectivity index (χ1v) is 8.86. The Kier molecular flexibility index (Phi) is 4.49. The number of non-ortho nitro benzene ring substituents is 1. The van der Waals surface area contributed by atoms with Gasteiger partial charge in [-0.05, 0) is 23.6 Å². The smallest absolute Gasteiger partial charge is 0.269 e. The fraction of sp³-hybridized carbons (Fsp3) is 0.143. The number of hydrogen-bond donors (Lipinski definition) is 1. The SMILES string of the molecule is O=C(Nc1ccc([N+](=O)[O-])cc1)[C@@H]1CC(=O)N(c2cccc3ccccc23)C1. The van der Waals surface area contributed by atoms with Crippen molar-refractivity contribution in [2.45, 2.75) is 6.42 Å². The zero-order valence-corrected chi connectivity index (χ0v) is 14.9. The summed E-state index contributed by atoms with van der Waals surface area (Å²) in [6.07, 6.45) is 0.127. The molecule has 0 aromatic heterocycles. The predicted octanol–water partition coefficient (Wildman–Crippen LogP) is 3.74. The Morgan fingerprint density at radius 3 is 2.50 bits per heavy atom. The maximum absolute atomic E-state index is 12.6. The van der Waals surface area contributed by atoms with E-state index in [0.29, 0.717) is 12.2 Å². The molecule has 140 valence electrons. The molecule has 0 bridgehead atoms. The zero-order chi connectivity index (χ0) is 19.7. The summed E-state index contributed by atoms with van der Waals surface area (Å²) in [6, 6.07) is 19.2. The molecule has 0 aliphatic carbocycles. The number of nitrogens with zero attached hydrogens (tertiary/aromatic N) is 2. The van der Waals surface area contributed by atoms with Crippen molar-refractivity contribution >= 4 is 39.6 Å². The van der Waals surface area contributed by atoms with Crippen LogP contribution in [0.3, 0.4) is 0 Å². The lowest BCUT2D eigenvalue weighted by atomic mass is 10.1. The second-order valence-corrected chi connectivity index (χ2v) is 6.70. The number of nitro benzene ring substituents is 1. The summed E-state index contributed by atoms with van der Waals surface area (Å²) in [5.74, 6) is -0.855. The number of carbonyl (C=O) groups is 2. The highest BCUT2D eigenvalue weighted by molar-refractivity contribution is 6.08. The number of nitrogens with one attached hydrogen (secondary N) is 1. The van der Waals surface area contributed by atoms with Gasteiger partial charge in [-0.1, -0.05) is 36.4 Å². The lowest BCUT2D eigenvalue weighted by molar-refractivity contribution is -0.384. The van der Waals surface area contributed by atoms with E-state index in [2.05, 4.69) is 5.32 Å². The maximum Gasteiger partial charge on any atom is 0.269 e. The summed E-state index contributed by atoms with van der Waals surface area (Å²) in [5.41, 5.74) is 1.22. The number of rotatable bonds is 4. The van der Waals surface area contributed by atoms with Crippen LogP contribution in [0.25, 0.3) is 10.8 Å². The van der Waals surface area contributed by atoms with E-state index < -0.39 is 10.8 Å². The molecule has 1 aliphatic rings. The van der Waals surface area contributed by atoms with Crippen LogP contribution < -0.4 is 10.2 Å². The van der Waals surface area contributed by atoms with Crippen molar-refractivity contribution < 1.29 is 14.5 Å². The molecule has 1 heterocycles. The monoisotopic (exact) mass is 375 g/mol. The van der Waals surface area contributed by atoms with Crippen LogP contribution in [0.4, 0.5) is 17.1 Å². The van der Waals surface area contributed by atoms with Gasteiger partial charge in [0.25, 0.3) is 5.69 Å². The molecular formula is C21H17N3O4. The number of hydrogen-bond acceptors (Lipinski definition) is 4. The molecule has 1 saturated heterocycles. The fourth-order valence-electron chi connectivity index (χ4n) is 3.47. The van der Waals surface area contributed by atoms with Gasteiger partial charge in [0.2, 0.25) is 11.8 Å². The van der Waals surface area contributed by atoms with E-state index in [9.17, 15) is 19.7 Å². The van der Waals surface area contributed by atoms with Gasteiger partial charge < -0.3 is 10.2 Å². The van der Waals surface area contributed by atoms with Crippen LogP contribution in [0.2, 0.25) is 0 Å². The number of anilines is 2. The van der Waals surface area contributed by atoms with E-state index in [1.54, 1.807) is 4.90 Å². The summed E-state index contributed by atoms with van der Waals surface area (Å²) in [6.45, 7) is 0.297. The average molecular weight is 375 g/mol. The van der Waals surface area contributed by atoms with Crippen molar-refractivity contribution in [3.8, 4) is 0 Å². The van der Waals surface area contributed by atoms with Gasteiger partial charge in [0.05, 0.1) is 16.5 Å². The van der Waals surface area contributed by atoms with Crippen molar-refractivity contribution in [3.63, 3.8) is 0 Å². The quantitative estimate of drug-likeness (QED) is 0.555. The Hall–Kier alpha value is -3.74.